The lowest BCUT2D eigenvalue weighted by Crippen LogP contribution is -2.34. The van der Waals surface area contributed by atoms with E-state index in [9.17, 15) is 9.59 Å². The van der Waals surface area contributed by atoms with Gasteiger partial charge >= 0.3 is 0 Å². The van der Waals surface area contributed by atoms with E-state index in [2.05, 4.69) is 52.2 Å². The molecule has 0 spiro atoms. The molecule has 8 heteroatoms. The molecule has 0 saturated heterocycles. The van der Waals surface area contributed by atoms with Crippen molar-refractivity contribution in [1.29, 1.82) is 0 Å². The Labute approximate surface area is 223 Å². The molecule has 0 aliphatic rings. The summed E-state index contributed by atoms with van der Waals surface area (Å²) in [6.45, 7) is 7.38. The number of carbonyl (C=O) groups excluding carboxylic acids is 2. The van der Waals surface area contributed by atoms with Gasteiger partial charge in [0.15, 0.2) is 5.11 Å². The molecule has 0 bridgehead atoms. The first-order valence-corrected chi connectivity index (χ1v) is 12.3. The molecule has 5 nitrogen and oxygen atoms in total. The first-order chi connectivity index (χ1) is 15.5. The lowest BCUT2D eigenvalue weighted by atomic mass is 9.86. The van der Waals surface area contributed by atoms with E-state index in [1.807, 2.05) is 50.5 Å². The van der Waals surface area contributed by atoms with Crippen LogP contribution in [0.4, 0.5) is 5.69 Å². The Morgan fingerprint density at radius 3 is 2.24 bits per heavy atom. The van der Waals surface area contributed by atoms with Crippen LogP contribution >= 0.6 is 40.6 Å². The highest BCUT2D eigenvalue weighted by atomic mass is 79.9. The summed E-state index contributed by atoms with van der Waals surface area (Å²) in [6.07, 6.45) is 2.99. The number of benzene rings is 2. The maximum atomic E-state index is 12.6. The van der Waals surface area contributed by atoms with Gasteiger partial charge in [0, 0.05) is 28.6 Å². The SMILES string of the molecule is CN(C)CCCCC(=O)Cc1ccc(NC(=S)NC(=O)c2ccc(C(C)(C)C)c(Br)c2)cc1.Cl. The number of hydrogen-bond acceptors (Lipinski definition) is 4. The average Bonchev–Trinajstić information content (AvgIpc) is 2.71. The number of carbonyl (C=O) groups is 2. The third-order valence-corrected chi connectivity index (χ3v) is 6.05. The lowest BCUT2D eigenvalue weighted by Gasteiger charge is -2.21. The molecule has 2 N–H and O–H groups in total. The van der Waals surface area contributed by atoms with Crippen molar-refractivity contribution in [3.63, 3.8) is 0 Å². The molecule has 0 aliphatic carbocycles. The highest BCUT2D eigenvalue weighted by Crippen LogP contribution is 2.30. The van der Waals surface area contributed by atoms with Crippen molar-refractivity contribution in [1.82, 2.24) is 10.2 Å². The maximum Gasteiger partial charge on any atom is 0.257 e. The topological polar surface area (TPSA) is 61.4 Å². The van der Waals surface area contributed by atoms with E-state index in [4.69, 9.17) is 12.2 Å². The Bertz CT molecular complexity index is 989. The largest absolute Gasteiger partial charge is 0.332 e. The fourth-order valence-corrected chi connectivity index (χ4v) is 4.56. The van der Waals surface area contributed by atoms with Crippen LogP contribution in [0.2, 0.25) is 0 Å². The van der Waals surface area contributed by atoms with Gasteiger partial charge in [-0.25, -0.2) is 0 Å². The normalized spacial score (nSPS) is 11.0. The molecule has 0 radical (unpaired) electrons. The molecule has 2 rings (SSSR count). The van der Waals surface area contributed by atoms with Gasteiger partial charge in [-0.15, -0.1) is 12.4 Å². The van der Waals surface area contributed by atoms with E-state index < -0.39 is 0 Å². The minimum Gasteiger partial charge on any atom is -0.332 e. The number of thiocarbonyl (C=S) groups is 1. The summed E-state index contributed by atoms with van der Waals surface area (Å²) in [5.74, 6) is -0.0222. The molecule has 34 heavy (non-hydrogen) atoms. The monoisotopic (exact) mass is 567 g/mol. The zero-order chi connectivity index (χ0) is 24.6. The van der Waals surface area contributed by atoms with Gasteiger partial charge in [0.1, 0.15) is 5.78 Å². The van der Waals surface area contributed by atoms with Crippen molar-refractivity contribution in [2.75, 3.05) is 26.0 Å². The van der Waals surface area contributed by atoms with Crippen LogP contribution in [0.15, 0.2) is 46.9 Å². The van der Waals surface area contributed by atoms with Crippen LogP contribution in [0, 0.1) is 0 Å². The fourth-order valence-electron chi connectivity index (χ4n) is 3.37. The quantitative estimate of drug-likeness (QED) is 0.281. The van der Waals surface area contributed by atoms with Gasteiger partial charge in [-0.3, -0.25) is 14.9 Å². The molecule has 2 aromatic carbocycles. The maximum absolute atomic E-state index is 12.6. The summed E-state index contributed by atoms with van der Waals surface area (Å²) >= 11 is 8.86. The Balaban J connectivity index is 0.00000578. The number of rotatable bonds is 9. The highest BCUT2D eigenvalue weighted by Gasteiger charge is 2.18. The third kappa shape index (κ3) is 10.2. The standard InChI is InChI=1S/C26H34BrN3O2S.ClH/c1-26(2,3)22-14-11-19(17-23(22)27)24(32)29-25(33)28-20-12-9-18(10-13-20)16-21(31)8-6-7-15-30(4)5;/h9-14,17H,6-8,15-16H2,1-5H3,(H2,28,29,32,33);1H. The smallest absolute Gasteiger partial charge is 0.257 e. The van der Waals surface area contributed by atoms with Crippen molar-refractivity contribution in [2.24, 2.45) is 0 Å². The predicted octanol–water partition coefficient (Wildman–Crippen LogP) is 6.14. The number of anilines is 1. The highest BCUT2D eigenvalue weighted by molar-refractivity contribution is 9.10. The van der Waals surface area contributed by atoms with Crippen LogP contribution in [0.25, 0.3) is 0 Å². The Hall–Kier alpha value is -1.80. The molecule has 0 fully saturated rings. The zero-order valence-corrected chi connectivity index (χ0v) is 23.8. The average molecular weight is 569 g/mol. The number of Topliss-reactive ketones (excluding diaryl/α,β-unsaturated/α-hetero) is 1. The number of halogens is 2. The van der Waals surface area contributed by atoms with Gasteiger partial charge in [0.2, 0.25) is 0 Å². The van der Waals surface area contributed by atoms with E-state index in [1.165, 1.54) is 0 Å². The minimum atomic E-state index is -0.273. The molecule has 186 valence electrons. The number of nitrogens with one attached hydrogen (secondary N) is 2. The molecule has 0 unspecified atom stereocenters. The summed E-state index contributed by atoms with van der Waals surface area (Å²) in [7, 11) is 4.08. The molecule has 1 amide bonds. The number of unbranched alkanes of at least 4 members (excludes halogenated alkanes) is 1. The number of ketones is 1. The van der Waals surface area contributed by atoms with Gasteiger partial charge in [-0.1, -0.05) is 54.9 Å². The molecule has 0 atom stereocenters. The summed E-state index contributed by atoms with van der Waals surface area (Å²) in [5.41, 5.74) is 3.36. The van der Waals surface area contributed by atoms with Crippen LogP contribution in [0.5, 0.6) is 0 Å². The summed E-state index contributed by atoms with van der Waals surface area (Å²) < 4.78 is 0.893. The first kappa shape index (κ1) is 30.2. The molecule has 0 aromatic heterocycles. The molecule has 0 saturated carbocycles. The van der Waals surface area contributed by atoms with Crippen LogP contribution in [0.1, 0.15) is 61.5 Å². The Morgan fingerprint density at radius 2 is 1.68 bits per heavy atom. The summed E-state index contributed by atoms with van der Waals surface area (Å²) in [6, 6.07) is 13.1. The van der Waals surface area contributed by atoms with Crippen LogP contribution in [0.3, 0.4) is 0 Å². The predicted molar refractivity (Wildman–Crippen MR) is 151 cm³/mol. The van der Waals surface area contributed by atoms with Gasteiger partial charge < -0.3 is 10.2 Å². The van der Waals surface area contributed by atoms with Crippen molar-refractivity contribution < 1.29 is 9.59 Å². The molecule has 0 aliphatic heterocycles. The second-order valence-corrected chi connectivity index (χ2v) is 10.8. The van der Waals surface area contributed by atoms with Crippen molar-refractivity contribution in [3.8, 4) is 0 Å². The number of amides is 1. The first-order valence-electron chi connectivity index (χ1n) is 11.1. The Morgan fingerprint density at radius 1 is 1.03 bits per heavy atom. The zero-order valence-electron chi connectivity index (χ0n) is 20.5. The molecular weight excluding hydrogens is 534 g/mol. The summed E-state index contributed by atoms with van der Waals surface area (Å²) in [5, 5.41) is 5.96. The van der Waals surface area contributed by atoms with Crippen molar-refractivity contribution in [3.05, 3.63) is 63.6 Å². The number of hydrogen-bond donors (Lipinski definition) is 2. The van der Waals surface area contributed by atoms with Crippen molar-refractivity contribution in [2.45, 2.75) is 51.9 Å². The van der Waals surface area contributed by atoms with Crippen LogP contribution in [-0.2, 0) is 16.6 Å². The van der Waals surface area contributed by atoms with E-state index in [0.29, 0.717) is 18.4 Å². The molecule has 2 aromatic rings. The molecular formula is C26H35BrClN3O2S. The minimum absolute atomic E-state index is 0. The second-order valence-electron chi connectivity index (χ2n) is 9.53. The fraction of sp³-hybridized carbons (Fsp3) is 0.423. The van der Waals surface area contributed by atoms with E-state index in [1.54, 1.807) is 6.07 Å². The lowest BCUT2D eigenvalue weighted by molar-refractivity contribution is -0.118. The van der Waals surface area contributed by atoms with E-state index in [-0.39, 0.29) is 34.6 Å². The Kier molecular flexibility index (Phi) is 12.4. The van der Waals surface area contributed by atoms with Gasteiger partial charge in [-0.2, -0.15) is 0 Å². The van der Waals surface area contributed by atoms with Gasteiger partial charge in [0.25, 0.3) is 5.91 Å². The molecule has 0 heterocycles. The van der Waals surface area contributed by atoms with Gasteiger partial charge in [0.05, 0.1) is 0 Å². The second kappa shape index (κ2) is 13.9. The van der Waals surface area contributed by atoms with Gasteiger partial charge in [-0.05, 0) is 86.5 Å². The van der Waals surface area contributed by atoms with Crippen LogP contribution in [-0.4, -0.2) is 42.3 Å². The van der Waals surface area contributed by atoms with E-state index >= 15 is 0 Å². The third-order valence-electron chi connectivity index (χ3n) is 5.19. The number of nitrogens with zero attached hydrogens (tertiary/aromatic N) is 1. The van der Waals surface area contributed by atoms with E-state index in [0.717, 1.165) is 40.7 Å². The van der Waals surface area contributed by atoms with Crippen LogP contribution < -0.4 is 10.6 Å². The van der Waals surface area contributed by atoms with Crippen molar-refractivity contribution >= 4 is 63.0 Å². The summed E-state index contributed by atoms with van der Waals surface area (Å²) in [4.78, 5) is 26.9.